The fraction of sp³-hybridized carbons (Fsp3) is 0.548. The molecule has 2 aromatic carbocycles. The highest BCUT2D eigenvalue weighted by Gasteiger charge is 2.16. The van der Waals surface area contributed by atoms with Crippen LogP contribution < -0.4 is 9.47 Å². The van der Waals surface area contributed by atoms with Gasteiger partial charge in [-0.2, -0.15) is 0 Å². The van der Waals surface area contributed by atoms with Crippen LogP contribution in [-0.2, 0) is 0 Å². The minimum atomic E-state index is -0.565. The van der Waals surface area contributed by atoms with Crippen LogP contribution in [0.5, 0.6) is 11.5 Å². The van der Waals surface area contributed by atoms with Crippen molar-refractivity contribution in [3.63, 3.8) is 0 Å². The molecule has 0 unspecified atom stereocenters. The molecule has 1 fully saturated rings. The first-order valence-electron chi connectivity index (χ1n) is 13.7. The molecule has 1 saturated carbocycles. The number of rotatable bonds is 15. The van der Waals surface area contributed by atoms with E-state index in [0.29, 0.717) is 18.3 Å². The van der Waals surface area contributed by atoms with Gasteiger partial charge in [-0.3, -0.25) is 0 Å². The van der Waals surface area contributed by atoms with Gasteiger partial charge in [0.05, 0.1) is 12.2 Å². The molecular weight excluding hydrogens is 439 g/mol. The molecule has 2 aromatic rings. The summed E-state index contributed by atoms with van der Waals surface area (Å²) in [4.78, 5) is 12.5. The lowest BCUT2D eigenvalue weighted by Gasteiger charge is -2.21. The number of carbonyl (C=O) groups excluding carboxylic acids is 1. The standard InChI is InChI=1S/C31H42FO3/c1-2-3-4-5-6-7-8-9-10-14-23-34-30-22-19-27(24-29(30)32)31(33)35-28-20-17-26(18-21-28)25-15-12-11-13-16-25/h11,17-22,24-25H,2-10,12-16,23H2,1H3. The third-order valence-electron chi connectivity index (χ3n) is 6.92. The Labute approximate surface area is 211 Å². The van der Waals surface area contributed by atoms with Crippen LogP contribution in [0.1, 0.15) is 119 Å². The number of benzene rings is 2. The molecule has 0 saturated heterocycles. The molecule has 1 aliphatic rings. The van der Waals surface area contributed by atoms with Crippen molar-refractivity contribution in [3.05, 3.63) is 65.8 Å². The topological polar surface area (TPSA) is 35.5 Å². The first kappa shape index (κ1) is 27.2. The number of hydrogen-bond donors (Lipinski definition) is 0. The number of ether oxygens (including phenoxy) is 2. The summed E-state index contributed by atoms with van der Waals surface area (Å²) in [5, 5.41) is 0. The summed E-state index contributed by atoms with van der Waals surface area (Å²) in [6, 6.07) is 12.0. The third-order valence-corrected chi connectivity index (χ3v) is 6.92. The Morgan fingerprint density at radius 1 is 0.857 bits per heavy atom. The van der Waals surface area contributed by atoms with E-state index in [1.165, 1.54) is 81.9 Å². The summed E-state index contributed by atoms with van der Waals surface area (Å²) in [5.41, 5.74) is 1.47. The van der Waals surface area contributed by atoms with Gasteiger partial charge in [-0.15, -0.1) is 0 Å². The Morgan fingerprint density at radius 2 is 1.49 bits per heavy atom. The molecule has 3 rings (SSSR count). The van der Waals surface area contributed by atoms with Gasteiger partial charge >= 0.3 is 5.97 Å². The molecule has 0 amide bonds. The first-order valence-corrected chi connectivity index (χ1v) is 13.7. The Hall–Kier alpha value is -2.36. The lowest BCUT2D eigenvalue weighted by molar-refractivity contribution is 0.0734. The number of hydrogen-bond acceptors (Lipinski definition) is 3. The summed E-state index contributed by atoms with van der Waals surface area (Å²) >= 11 is 0. The molecule has 0 atom stereocenters. The van der Waals surface area contributed by atoms with Crippen LogP contribution in [0.25, 0.3) is 0 Å². The maximum atomic E-state index is 14.5. The smallest absolute Gasteiger partial charge is 0.343 e. The lowest BCUT2D eigenvalue weighted by atomic mass is 9.84. The second-order valence-electron chi connectivity index (χ2n) is 9.77. The summed E-state index contributed by atoms with van der Waals surface area (Å²) in [7, 11) is 0. The second kappa shape index (κ2) is 15.6. The lowest BCUT2D eigenvalue weighted by Crippen LogP contribution is -2.10. The van der Waals surface area contributed by atoms with Crippen LogP contribution in [0.4, 0.5) is 4.39 Å². The van der Waals surface area contributed by atoms with Crippen LogP contribution >= 0.6 is 0 Å². The van der Waals surface area contributed by atoms with Gasteiger partial charge in [0.1, 0.15) is 5.75 Å². The SMILES string of the molecule is CCCCCCCCCCCCOc1ccc(C(=O)Oc2ccc(C3CC[CH]CC3)cc2)cc1F. The Kier molecular flexibility index (Phi) is 12.1. The Bertz CT molecular complexity index is 871. The van der Waals surface area contributed by atoms with Crippen LogP contribution in [0.3, 0.4) is 0 Å². The van der Waals surface area contributed by atoms with Gasteiger partial charge in [-0.05, 0) is 80.3 Å². The average molecular weight is 482 g/mol. The van der Waals surface area contributed by atoms with Crippen molar-refractivity contribution < 1.29 is 18.7 Å². The second-order valence-corrected chi connectivity index (χ2v) is 9.77. The van der Waals surface area contributed by atoms with Gasteiger partial charge in [0.25, 0.3) is 0 Å². The number of halogens is 1. The van der Waals surface area contributed by atoms with E-state index >= 15 is 0 Å². The van der Waals surface area contributed by atoms with Crippen molar-refractivity contribution in [1.29, 1.82) is 0 Å². The monoisotopic (exact) mass is 481 g/mol. The van der Waals surface area contributed by atoms with E-state index in [0.717, 1.165) is 25.7 Å². The van der Waals surface area contributed by atoms with E-state index in [9.17, 15) is 9.18 Å². The quantitative estimate of drug-likeness (QED) is 0.144. The van der Waals surface area contributed by atoms with Crippen molar-refractivity contribution in [2.24, 2.45) is 0 Å². The zero-order chi connectivity index (χ0) is 24.7. The third kappa shape index (κ3) is 9.66. The van der Waals surface area contributed by atoms with Crippen LogP contribution in [-0.4, -0.2) is 12.6 Å². The van der Waals surface area contributed by atoms with Crippen LogP contribution in [0, 0.1) is 12.2 Å². The highest BCUT2D eigenvalue weighted by molar-refractivity contribution is 5.91. The van der Waals surface area contributed by atoms with Gasteiger partial charge in [0.15, 0.2) is 11.6 Å². The highest BCUT2D eigenvalue weighted by atomic mass is 19.1. The van der Waals surface area contributed by atoms with Gasteiger partial charge < -0.3 is 9.47 Å². The van der Waals surface area contributed by atoms with Crippen molar-refractivity contribution in [1.82, 2.24) is 0 Å². The van der Waals surface area contributed by atoms with E-state index in [-0.39, 0.29) is 11.3 Å². The van der Waals surface area contributed by atoms with E-state index in [4.69, 9.17) is 9.47 Å². The number of esters is 1. The maximum Gasteiger partial charge on any atom is 0.343 e. The number of unbranched alkanes of at least 4 members (excludes halogenated alkanes) is 9. The molecule has 0 N–H and O–H groups in total. The normalized spacial score (nSPS) is 14.1. The van der Waals surface area contributed by atoms with Gasteiger partial charge in [-0.1, -0.05) is 76.8 Å². The molecule has 0 aliphatic heterocycles. The minimum Gasteiger partial charge on any atom is -0.491 e. The van der Waals surface area contributed by atoms with Crippen molar-refractivity contribution >= 4 is 5.97 Å². The fourth-order valence-corrected chi connectivity index (χ4v) is 4.75. The highest BCUT2D eigenvalue weighted by Crippen LogP contribution is 2.33. The summed E-state index contributed by atoms with van der Waals surface area (Å²) < 4.78 is 25.5. The zero-order valence-electron chi connectivity index (χ0n) is 21.4. The van der Waals surface area contributed by atoms with Gasteiger partial charge in [0.2, 0.25) is 0 Å². The van der Waals surface area contributed by atoms with Crippen molar-refractivity contribution in [2.75, 3.05) is 6.61 Å². The van der Waals surface area contributed by atoms with Crippen LogP contribution in [0.2, 0.25) is 0 Å². The zero-order valence-corrected chi connectivity index (χ0v) is 21.4. The summed E-state index contributed by atoms with van der Waals surface area (Å²) in [5.74, 6) is 0.141. The minimum absolute atomic E-state index is 0.181. The molecule has 1 radical (unpaired) electrons. The molecule has 191 valence electrons. The van der Waals surface area contributed by atoms with Crippen LogP contribution in [0.15, 0.2) is 42.5 Å². The molecule has 0 bridgehead atoms. The molecule has 4 heteroatoms. The molecule has 3 nitrogen and oxygen atoms in total. The largest absolute Gasteiger partial charge is 0.491 e. The fourth-order valence-electron chi connectivity index (χ4n) is 4.75. The molecule has 0 heterocycles. The predicted molar refractivity (Wildman–Crippen MR) is 141 cm³/mol. The van der Waals surface area contributed by atoms with E-state index < -0.39 is 11.8 Å². The molecule has 0 spiro atoms. The van der Waals surface area contributed by atoms with Gasteiger partial charge in [0, 0.05) is 0 Å². The van der Waals surface area contributed by atoms with Crippen molar-refractivity contribution in [2.45, 2.75) is 103 Å². The van der Waals surface area contributed by atoms with E-state index in [1.807, 2.05) is 24.3 Å². The van der Waals surface area contributed by atoms with E-state index in [2.05, 4.69) is 13.3 Å². The maximum absolute atomic E-state index is 14.5. The van der Waals surface area contributed by atoms with Gasteiger partial charge in [-0.25, -0.2) is 9.18 Å². The average Bonchev–Trinajstić information content (AvgIpc) is 2.89. The summed E-state index contributed by atoms with van der Waals surface area (Å²) in [6.07, 6.45) is 19.5. The predicted octanol–water partition coefficient (Wildman–Crippen LogP) is 9.21. The molecule has 1 aliphatic carbocycles. The first-order chi connectivity index (χ1) is 17.2. The van der Waals surface area contributed by atoms with Crippen molar-refractivity contribution in [3.8, 4) is 11.5 Å². The number of carbonyl (C=O) groups is 1. The summed E-state index contributed by atoms with van der Waals surface area (Å²) in [6.45, 7) is 2.73. The molecular formula is C31H42FO3. The molecule has 0 aromatic heterocycles. The Balaban J connectivity index is 1.35. The van der Waals surface area contributed by atoms with E-state index in [1.54, 1.807) is 6.07 Å². The molecule has 35 heavy (non-hydrogen) atoms. The Morgan fingerprint density at radius 3 is 2.11 bits per heavy atom.